The van der Waals surface area contributed by atoms with E-state index < -0.39 is 12.1 Å². The predicted molar refractivity (Wildman–Crippen MR) is 114 cm³/mol. The maximum Gasteiger partial charge on any atom is 0.319 e. The molecule has 2 unspecified atom stereocenters. The number of hydrogen-bond acceptors (Lipinski definition) is 3. The fraction of sp³-hybridized carbons (Fsp3) is 0.550. The Hall–Kier alpha value is -2.48. The van der Waals surface area contributed by atoms with E-state index >= 15 is 0 Å². The van der Waals surface area contributed by atoms with Crippen LogP contribution < -0.4 is 16.0 Å². The van der Waals surface area contributed by atoms with Crippen molar-refractivity contribution in [3.63, 3.8) is 0 Å². The largest absolute Gasteiger partial charge is 0.338 e. The van der Waals surface area contributed by atoms with Gasteiger partial charge in [0.25, 0.3) is 0 Å². The van der Waals surface area contributed by atoms with E-state index in [1.165, 1.54) is 0 Å². The fourth-order valence-electron chi connectivity index (χ4n) is 3.30. The zero-order valence-electron chi connectivity index (χ0n) is 17.4. The number of carbonyl (C=O) groups is 3. The van der Waals surface area contributed by atoms with Crippen LogP contribution in [0.15, 0.2) is 24.3 Å². The van der Waals surface area contributed by atoms with Crippen molar-refractivity contribution < 1.29 is 14.4 Å². The van der Waals surface area contributed by atoms with Crippen molar-refractivity contribution in [1.29, 1.82) is 0 Å². The second-order valence-electron chi connectivity index (χ2n) is 7.49. The summed E-state index contributed by atoms with van der Waals surface area (Å²) in [5.74, 6) is -0.243. The summed E-state index contributed by atoms with van der Waals surface area (Å²) in [6.45, 7) is 9.43. The van der Waals surface area contributed by atoms with Gasteiger partial charge in [0.15, 0.2) is 0 Å². The molecule has 160 valence electrons. The van der Waals surface area contributed by atoms with Crippen LogP contribution in [0.2, 0.25) is 5.02 Å². The van der Waals surface area contributed by atoms with E-state index in [0.717, 1.165) is 0 Å². The van der Waals surface area contributed by atoms with E-state index in [2.05, 4.69) is 16.0 Å². The number of hydrogen-bond donors (Lipinski definition) is 3. The molecule has 0 saturated carbocycles. The van der Waals surface area contributed by atoms with E-state index in [9.17, 15) is 14.4 Å². The van der Waals surface area contributed by atoms with Crippen molar-refractivity contribution in [3.8, 4) is 0 Å². The topological polar surface area (TPSA) is 93.8 Å². The first kappa shape index (κ1) is 22.8. The number of anilines is 1. The summed E-state index contributed by atoms with van der Waals surface area (Å²) >= 11 is 5.94. The lowest BCUT2D eigenvalue weighted by Gasteiger charge is -2.41. The summed E-state index contributed by atoms with van der Waals surface area (Å²) in [5.41, 5.74) is 0.550. The zero-order chi connectivity index (χ0) is 21.6. The number of benzene rings is 1. The Morgan fingerprint density at radius 1 is 1.24 bits per heavy atom. The minimum atomic E-state index is -0.669. The Balaban J connectivity index is 1.98. The molecular weight excluding hydrogens is 394 g/mol. The molecule has 3 N–H and O–H groups in total. The van der Waals surface area contributed by atoms with Crippen LogP contribution >= 0.6 is 11.6 Å². The Labute approximate surface area is 176 Å². The number of rotatable bonds is 5. The van der Waals surface area contributed by atoms with Gasteiger partial charge in [-0.15, -0.1) is 0 Å². The summed E-state index contributed by atoms with van der Waals surface area (Å²) in [4.78, 5) is 41.0. The SMILES string of the molecule is CCNC(=O)N1CCN(C(=O)C(NC(=O)Nc2cccc(Cl)c2)C(C)C)CC1C. The lowest BCUT2D eigenvalue weighted by molar-refractivity contribution is -0.136. The summed E-state index contributed by atoms with van der Waals surface area (Å²) < 4.78 is 0. The Morgan fingerprint density at radius 2 is 1.97 bits per heavy atom. The van der Waals surface area contributed by atoms with E-state index in [1.807, 2.05) is 27.7 Å². The lowest BCUT2D eigenvalue weighted by Crippen LogP contribution is -2.61. The Kier molecular flexibility index (Phi) is 8.13. The molecule has 0 aromatic heterocycles. The van der Waals surface area contributed by atoms with Crippen LogP contribution in [0.25, 0.3) is 0 Å². The molecule has 1 saturated heterocycles. The second-order valence-corrected chi connectivity index (χ2v) is 7.93. The quantitative estimate of drug-likeness (QED) is 0.679. The average molecular weight is 424 g/mol. The van der Waals surface area contributed by atoms with Crippen molar-refractivity contribution in [1.82, 2.24) is 20.4 Å². The van der Waals surface area contributed by atoms with E-state index in [0.29, 0.717) is 36.9 Å². The molecule has 2 rings (SSSR count). The number of urea groups is 2. The van der Waals surface area contributed by atoms with E-state index in [4.69, 9.17) is 11.6 Å². The van der Waals surface area contributed by atoms with Crippen LogP contribution in [0.5, 0.6) is 0 Å². The van der Waals surface area contributed by atoms with E-state index in [-0.39, 0.29) is 23.9 Å². The van der Waals surface area contributed by atoms with Crippen LogP contribution in [-0.2, 0) is 4.79 Å². The van der Waals surface area contributed by atoms with Gasteiger partial charge in [0.2, 0.25) is 5.91 Å². The summed E-state index contributed by atoms with van der Waals surface area (Å²) in [7, 11) is 0. The first-order valence-electron chi connectivity index (χ1n) is 9.89. The standard InChI is InChI=1S/C20H30ClN5O3/c1-5-22-20(29)26-10-9-25(12-14(26)4)18(27)17(13(2)3)24-19(28)23-16-8-6-7-15(21)11-16/h6-8,11,13-14,17H,5,9-10,12H2,1-4H3,(H,22,29)(H2,23,24,28). The smallest absolute Gasteiger partial charge is 0.319 e. The third-order valence-electron chi connectivity index (χ3n) is 4.83. The zero-order valence-corrected chi connectivity index (χ0v) is 18.1. The number of halogens is 1. The van der Waals surface area contributed by atoms with Gasteiger partial charge < -0.3 is 25.8 Å². The molecule has 1 aromatic rings. The fourth-order valence-corrected chi connectivity index (χ4v) is 3.49. The van der Waals surface area contributed by atoms with Gasteiger partial charge in [-0.3, -0.25) is 4.79 Å². The average Bonchev–Trinajstić information content (AvgIpc) is 2.65. The molecule has 8 nitrogen and oxygen atoms in total. The van der Waals surface area contributed by atoms with Gasteiger partial charge in [-0.25, -0.2) is 9.59 Å². The molecule has 0 aliphatic carbocycles. The molecule has 2 atom stereocenters. The lowest BCUT2D eigenvalue weighted by atomic mass is 10.0. The van der Waals surface area contributed by atoms with Gasteiger partial charge in [0.05, 0.1) is 0 Å². The number of carbonyl (C=O) groups excluding carboxylic acids is 3. The molecule has 9 heteroatoms. The summed E-state index contributed by atoms with van der Waals surface area (Å²) in [5, 5.41) is 8.78. The highest BCUT2D eigenvalue weighted by Crippen LogP contribution is 2.16. The van der Waals surface area contributed by atoms with Crippen LogP contribution in [0.4, 0.5) is 15.3 Å². The molecule has 1 aromatic carbocycles. The third kappa shape index (κ3) is 6.25. The molecule has 1 aliphatic rings. The first-order valence-corrected chi connectivity index (χ1v) is 10.3. The maximum absolute atomic E-state index is 13.1. The molecule has 1 heterocycles. The highest BCUT2D eigenvalue weighted by molar-refractivity contribution is 6.30. The van der Waals surface area contributed by atoms with E-state index in [1.54, 1.807) is 34.1 Å². The maximum atomic E-state index is 13.1. The molecule has 1 fully saturated rings. The van der Waals surface area contributed by atoms with Gasteiger partial charge in [-0.05, 0) is 38.0 Å². The van der Waals surface area contributed by atoms with Crippen LogP contribution in [0.1, 0.15) is 27.7 Å². The molecule has 0 bridgehead atoms. The first-order chi connectivity index (χ1) is 13.7. The van der Waals surface area contributed by atoms with Gasteiger partial charge >= 0.3 is 12.1 Å². The van der Waals surface area contributed by atoms with Crippen LogP contribution in [0.3, 0.4) is 0 Å². The number of piperazine rings is 1. The van der Waals surface area contributed by atoms with Crippen molar-refractivity contribution in [2.45, 2.75) is 39.8 Å². The molecule has 0 radical (unpaired) electrons. The molecule has 0 spiro atoms. The van der Waals surface area contributed by atoms with Crippen molar-refractivity contribution >= 4 is 35.3 Å². The molecule has 29 heavy (non-hydrogen) atoms. The number of nitrogens with zero attached hydrogens (tertiary/aromatic N) is 2. The minimum Gasteiger partial charge on any atom is -0.338 e. The number of nitrogens with one attached hydrogen (secondary N) is 3. The Morgan fingerprint density at radius 3 is 2.55 bits per heavy atom. The van der Waals surface area contributed by atoms with Crippen molar-refractivity contribution in [3.05, 3.63) is 29.3 Å². The third-order valence-corrected chi connectivity index (χ3v) is 5.06. The summed E-state index contributed by atoms with van der Waals surface area (Å²) in [6, 6.07) is 5.45. The minimum absolute atomic E-state index is 0.0932. The molecule has 5 amide bonds. The van der Waals surface area contributed by atoms with Crippen LogP contribution in [-0.4, -0.2) is 66.0 Å². The van der Waals surface area contributed by atoms with Gasteiger partial charge in [-0.2, -0.15) is 0 Å². The Bertz CT molecular complexity index is 743. The highest BCUT2D eigenvalue weighted by Gasteiger charge is 2.34. The second kappa shape index (κ2) is 10.3. The molecule has 1 aliphatic heterocycles. The van der Waals surface area contributed by atoms with Crippen molar-refractivity contribution in [2.75, 3.05) is 31.5 Å². The van der Waals surface area contributed by atoms with Gasteiger partial charge in [0.1, 0.15) is 6.04 Å². The monoisotopic (exact) mass is 423 g/mol. The molecular formula is C20H30ClN5O3. The normalized spacial score (nSPS) is 17.7. The highest BCUT2D eigenvalue weighted by atomic mass is 35.5. The van der Waals surface area contributed by atoms with Crippen LogP contribution in [0, 0.1) is 5.92 Å². The van der Waals surface area contributed by atoms with Gasteiger partial charge in [-0.1, -0.05) is 31.5 Å². The van der Waals surface area contributed by atoms with Crippen molar-refractivity contribution in [2.24, 2.45) is 5.92 Å². The number of amides is 5. The predicted octanol–water partition coefficient (Wildman–Crippen LogP) is 2.75. The summed E-state index contributed by atoms with van der Waals surface area (Å²) in [6.07, 6.45) is 0. The van der Waals surface area contributed by atoms with Gasteiger partial charge in [0, 0.05) is 42.9 Å².